The number of nitrogens with zero attached hydrogens (tertiary/aromatic N) is 2. The molecule has 24 heavy (non-hydrogen) atoms. The van der Waals surface area contributed by atoms with Gasteiger partial charge < -0.3 is 4.79 Å². The van der Waals surface area contributed by atoms with Crippen LogP contribution in [0.2, 0.25) is 5.02 Å². The molecule has 0 unspecified atom stereocenters. The second-order valence-corrected chi connectivity index (χ2v) is 7.79. The first kappa shape index (κ1) is 16.9. The molecule has 0 radical (unpaired) electrons. The zero-order chi connectivity index (χ0) is 17.3. The molecule has 5 nitrogen and oxygen atoms in total. The summed E-state index contributed by atoms with van der Waals surface area (Å²) >= 11 is 9.07. The minimum Gasteiger partial charge on any atom is -0.303 e. The van der Waals surface area contributed by atoms with Crippen LogP contribution in [0.4, 0.5) is 5.69 Å². The number of fused-ring (bicyclic) bond motifs is 1. The van der Waals surface area contributed by atoms with E-state index in [9.17, 15) is 14.9 Å². The molecule has 0 atom stereocenters. The predicted octanol–water partition coefficient (Wildman–Crippen LogP) is 5.06. The fourth-order valence-corrected chi connectivity index (χ4v) is 4.70. The van der Waals surface area contributed by atoms with E-state index in [2.05, 4.69) is 4.98 Å². The zero-order valence-electron chi connectivity index (χ0n) is 12.5. The first-order valence-electron chi connectivity index (χ1n) is 6.93. The fraction of sp³-hybridized carbons (Fsp3) is 0.125. The summed E-state index contributed by atoms with van der Waals surface area (Å²) in [7, 11) is 0. The molecule has 122 valence electrons. The number of hydrogen-bond donors (Lipinski definition) is 0. The van der Waals surface area contributed by atoms with Crippen molar-refractivity contribution >= 4 is 56.9 Å². The molecule has 8 heteroatoms. The van der Waals surface area contributed by atoms with Gasteiger partial charge in [0.25, 0.3) is 5.69 Å². The van der Waals surface area contributed by atoms with Crippen LogP contribution in [0.15, 0.2) is 39.6 Å². The first-order valence-corrected chi connectivity index (χ1v) is 8.94. The number of carbonyl (C=O) groups excluding carboxylic acids is 1. The maximum Gasteiger partial charge on any atom is 0.271 e. The van der Waals surface area contributed by atoms with Crippen molar-refractivity contribution in [1.29, 1.82) is 0 Å². The van der Waals surface area contributed by atoms with Gasteiger partial charge in [-0.05, 0) is 30.2 Å². The van der Waals surface area contributed by atoms with Gasteiger partial charge in [0.15, 0.2) is 4.34 Å². The highest BCUT2D eigenvalue weighted by molar-refractivity contribution is 8.01. The summed E-state index contributed by atoms with van der Waals surface area (Å²) in [5.41, 5.74) is 2.43. The molecular formula is C16H11ClN2O3S2. The van der Waals surface area contributed by atoms with Crippen LogP contribution in [0.3, 0.4) is 0 Å². The minimum atomic E-state index is -0.519. The molecule has 0 saturated carbocycles. The largest absolute Gasteiger partial charge is 0.303 e. The number of aldehydes is 1. The molecule has 0 bridgehead atoms. The highest BCUT2D eigenvalue weighted by Crippen LogP contribution is 2.41. The molecule has 3 rings (SSSR count). The second kappa shape index (κ2) is 6.88. The molecule has 0 N–H and O–H groups in total. The Hall–Kier alpha value is -1.96. The van der Waals surface area contributed by atoms with Gasteiger partial charge in [0.05, 0.1) is 20.2 Å². The van der Waals surface area contributed by atoms with E-state index in [1.54, 1.807) is 0 Å². The molecule has 1 heterocycles. The van der Waals surface area contributed by atoms with Crippen molar-refractivity contribution < 1.29 is 9.72 Å². The number of carbonyl (C=O) groups is 1. The summed E-state index contributed by atoms with van der Waals surface area (Å²) in [6.45, 7) is 2.00. The third kappa shape index (κ3) is 3.43. The molecule has 3 aromatic rings. The number of nitro groups is 1. The van der Waals surface area contributed by atoms with E-state index in [4.69, 9.17) is 11.6 Å². The molecule has 1 aromatic heterocycles. The van der Waals surface area contributed by atoms with Crippen LogP contribution in [0, 0.1) is 17.0 Å². The van der Waals surface area contributed by atoms with Crippen LogP contribution in [0.25, 0.3) is 10.2 Å². The Kier molecular flexibility index (Phi) is 4.84. The molecule has 0 aliphatic rings. The summed E-state index contributed by atoms with van der Waals surface area (Å²) in [6.07, 6.45) is 0.773. The van der Waals surface area contributed by atoms with E-state index >= 15 is 0 Å². The topological polar surface area (TPSA) is 73.1 Å². The van der Waals surface area contributed by atoms with Crippen LogP contribution < -0.4 is 0 Å². The van der Waals surface area contributed by atoms with Gasteiger partial charge in [0.1, 0.15) is 6.29 Å². The lowest BCUT2D eigenvalue weighted by atomic mass is 10.1. The van der Waals surface area contributed by atoms with Crippen molar-refractivity contribution in [2.75, 3.05) is 0 Å². The fourth-order valence-electron chi connectivity index (χ4n) is 2.24. The average Bonchev–Trinajstić information content (AvgIpc) is 2.92. The third-order valence-corrected chi connectivity index (χ3v) is 6.03. The summed E-state index contributed by atoms with van der Waals surface area (Å²) in [6, 6.07) is 8.72. The van der Waals surface area contributed by atoms with Gasteiger partial charge in [-0.25, -0.2) is 4.98 Å². The van der Waals surface area contributed by atoms with Crippen LogP contribution in [-0.4, -0.2) is 16.2 Å². The normalized spacial score (nSPS) is 10.9. The van der Waals surface area contributed by atoms with Crippen molar-refractivity contribution in [2.24, 2.45) is 0 Å². The monoisotopic (exact) mass is 378 g/mol. The summed E-state index contributed by atoms with van der Waals surface area (Å²) < 4.78 is 1.83. The lowest BCUT2D eigenvalue weighted by molar-refractivity contribution is -0.384. The van der Waals surface area contributed by atoms with E-state index in [0.29, 0.717) is 16.7 Å². The van der Waals surface area contributed by atoms with Crippen molar-refractivity contribution in [3.05, 3.63) is 56.6 Å². The number of nitro benzene ring substituents is 1. The Balaban J connectivity index is 2.03. The average molecular weight is 379 g/mol. The molecule has 0 amide bonds. The first-order chi connectivity index (χ1) is 11.5. The van der Waals surface area contributed by atoms with E-state index in [-0.39, 0.29) is 17.1 Å². The second-order valence-electron chi connectivity index (χ2n) is 5.10. The molecule has 2 aromatic carbocycles. The SMILES string of the molecule is Cc1ccc2sc(Sc3c(Cl)cc([N+](=O)[O-])cc3CC=O)nc2c1. The third-order valence-electron chi connectivity index (χ3n) is 3.33. The van der Waals surface area contributed by atoms with Gasteiger partial charge in [-0.3, -0.25) is 10.1 Å². The molecule has 0 aliphatic heterocycles. The van der Waals surface area contributed by atoms with Crippen LogP contribution in [-0.2, 0) is 11.2 Å². The smallest absolute Gasteiger partial charge is 0.271 e. The number of rotatable bonds is 5. The number of halogens is 1. The lowest BCUT2D eigenvalue weighted by Gasteiger charge is -2.07. The highest BCUT2D eigenvalue weighted by Gasteiger charge is 2.18. The summed E-state index contributed by atoms with van der Waals surface area (Å²) in [5.74, 6) is 0. The van der Waals surface area contributed by atoms with Crippen molar-refractivity contribution in [1.82, 2.24) is 4.98 Å². The molecule has 0 spiro atoms. The summed E-state index contributed by atoms with van der Waals surface area (Å²) in [5, 5.41) is 11.2. The van der Waals surface area contributed by atoms with Gasteiger partial charge in [0.2, 0.25) is 0 Å². The van der Waals surface area contributed by atoms with Crippen LogP contribution in [0.1, 0.15) is 11.1 Å². The molecule has 0 fully saturated rings. The van der Waals surface area contributed by atoms with E-state index in [0.717, 1.165) is 20.1 Å². The van der Waals surface area contributed by atoms with Gasteiger partial charge in [-0.1, -0.05) is 29.4 Å². The number of hydrogen-bond acceptors (Lipinski definition) is 6. The van der Waals surface area contributed by atoms with Gasteiger partial charge >= 0.3 is 0 Å². The Bertz CT molecular complexity index is 956. The summed E-state index contributed by atoms with van der Waals surface area (Å²) in [4.78, 5) is 26.6. The van der Waals surface area contributed by atoms with Crippen molar-refractivity contribution in [3.8, 4) is 0 Å². The van der Waals surface area contributed by atoms with Gasteiger partial charge in [-0.2, -0.15) is 0 Å². The Morgan fingerprint density at radius 3 is 2.88 bits per heavy atom. The van der Waals surface area contributed by atoms with Crippen LogP contribution >= 0.6 is 34.7 Å². The van der Waals surface area contributed by atoms with Crippen molar-refractivity contribution in [2.45, 2.75) is 22.6 Å². The Labute approximate surface area is 150 Å². The maximum absolute atomic E-state index is 11.0. The van der Waals surface area contributed by atoms with E-state index in [1.807, 2.05) is 25.1 Å². The van der Waals surface area contributed by atoms with E-state index in [1.165, 1.54) is 35.2 Å². The standard InChI is InChI=1S/C16H11ClN2O3S2/c1-9-2-3-14-13(6-9)18-16(23-14)24-15-10(4-5-20)7-11(19(21)22)8-12(15)17/h2-3,5-8H,4H2,1H3. The van der Waals surface area contributed by atoms with Gasteiger partial charge in [0, 0.05) is 23.4 Å². The Morgan fingerprint density at radius 2 is 2.17 bits per heavy atom. The predicted molar refractivity (Wildman–Crippen MR) is 96.4 cm³/mol. The van der Waals surface area contributed by atoms with E-state index < -0.39 is 4.92 Å². The number of aromatic nitrogens is 1. The highest BCUT2D eigenvalue weighted by atomic mass is 35.5. The number of non-ortho nitro benzene ring substituents is 1. The number of thiazole rings is 1. The Morgan fingerprint density at radius 1 is 1.38 bits per heavy atom. The van der Waals surface area contributed by atoms with Crippen molar-refractivity contribution in [3.63, 3.8) is 0 Å². The number of benzene rings is 2. The number of aryl methyl sites for hydroxylation is 1. The maximum atomic E-state index is 11.0. The van der Waals surface area contributed by atoms with Gasteiger partial charge in [-0.15, -0.1) is 11.3 Å². The lowest BCUT2D eigenvalue weighted by Crippen LogP contribution is -1.95. The minimum absolute atomic E-state index is 0.0632. The molecule has 0 aliphatic carbocycles. The molecule has 0 saturated heterocycles. The van der Waals surface area contributed by atoms with Crippen LogP contribution in [0.5, 0.6) is 0 Å². The zero-order valence-corrected chi connectivity index (χ0v) is 14.9. The molecular weight excluding hydrogens is 368 g/mol. The quantitative estimate of drug-likeness (QED) is 0.352.